The summed E-state index contributed by atoms with van der Waals surface area (Å²) >= 11 is 3.96. The molecule has 1 unspecified atom stereocenters. The van der Waals surface area contributed by atoms with Crippen molar-refractivity contribution in [1.29, 1.82) is 0 Å². The zero-order chi connectivity index (χ0) is 9.10. The van der Waals surface area contributed by atoms with Gasteiger partial charge in [-0.2, -0.15) is 11.8 Å². The molecule has 1 aliphatic heterocycles. The number of thioether (sulfide) groups is 1. The molecule has 1 fully saturated rings. The van der Waals surface area contributed by atoms with E-state index in [1.54, 1.807) is 0 Å². The second-order valence-corrected chi connectivity index (χ2v) is 5.50. The molecule has 0 spiro atoms. The number of thiophene rings is 1. The van der Waals surface area contributed by atoms with Gasteiger partial charge in [0.2, 0.25) is 0 Å². The van der Waals surface area contributed by atoms with Gasteiger partial charge >= 0.3 is 0 Å². The summed E-state index contributed by atoms with van der Waals surface area (Å²) in [7, 11) is 0. The minimum absolute atomic E-state index is 0.604. The molecule has 1 N–H and O–H groups in total. The lowest BCUT2D eigenvalue weighted by Crippen LogP contribution is -2.22. The van der Waals surface area contributed by atoms with E-state index in [-0.39, 0.29) is 0 Å². The Kier molecular flexibility index (Phi) is 3.30. The predicted molar refractivity (Wildman–Crippen MR) is 61.7 cm³/mol. The maximum Gasteiger partial charge on any atom is 0.0509 e. The molecular weight excluding hydrogens is 198 g/mol. The van der Waals surface area contributed by atoms with Gasteiger partial charge in [-0.05, 0) is 42.7 Å². The molecule has 0 aliphatic carbocycles. The molecule has 2 rings (SSSR count). The Bertz CT molecular complexity index is 262. The molecule has 1 nitrogen and oxygen atoms in total. The first-order chi connectivity index (χ1) is 6.38. The van der Waals surface area contributed by atoms with E-state index in [9.17, 15) is 0 Å². The third-order valence-corrected chi connectivity index (χ3v) is 4.64. The average Bonchev–Trinajstić information content (AvgIpc) is 2.43. The first kappa shape index (κ1) is 9.56. The van der Waals surface area contributed by atoms with Crippen LogP contribution in [0.5, 0.6) is 0 Å². The van der Waals surface area contributed by atoms with Crippen molar-refractivity contribution in [2.45, 2.75) is 19.4 Å². The van der Waals surface area contributed by atoms with Crippen molar-refractivity contribution in [2.75, 3.05) is 18.1 Å². The third kappa shape index (κ3) is 2.27. The van der Waals surface area contributed by atoms with Gasteiger partial charge in [0.15, 0.2) is 0 Å². The monoisotopic (exact) mass is 213 g/mol. The molecule has 72 valence electrons. The van der Waals surface area contributed by atoms with Gasteiger partial charge in [0, 0.05) is 10.6 Å². The van der Waals surface area contributed by atoms with Gasteiger partial charge in [-0.1, -0.05) is 0 Å². The zero-order valence-corrected chi connectivity index (χ0v) is 9.51. The van der Waals surface area contributed by atoms with Crippen LogP contribution in [0.25, 0.3) is 0 Å². The molecule has 13 heavy (non-hydrogen) atoms. The lowest BCUT2D eigenvalue weighted by Gasteiger charge is -2.14. The summed E-state index contributed by atoms with van der Waals surface area (Å²) in [6.07, 6.45) is 1.31. The van der Waals surface area contributed by atoms with Gasteiger partial charge in [-0.25, -0.2) is 0 Å². The summed E-state index contributed by atoms with van der Waals surface area (Å²) in [5, 5.41) is 5.81. The quantitative estimate of drug-likeness (QED) is 0.770. The Hall–Kier alpha value is 0.01000. The van der Waals surface area contributed by atoms with E-state index in [1.807, 2.05) is 11.3 Å². The van der Waals surface area contributed by atoms with Gasteiger partial charge in [0.05, 0.1) is 6.04 Å². The van der Waals surface area contributed by atoms with E-state index in [4.69, 9.17) is 0 Å². The van der Waals surface area contributed by atoms with Gasteiger partial charge in [0.25, 0.3) is 0 Å². The molecule has 0 amide bonds. The Labute approximate surface area is 87.9 Å². The zero-order valence-electron chi connectivity index (χ0n) is 7.88. The second-order valence-electron chi connectivity index (χ2n) is 3.40. The second kappa shape index (κ2) is 4.49. The van der Waals surface area contributed by atoms with Gasteiger partial charge in [0.1, 0.15) is 0 Å². The fraction of sp³-hybridized carbons (Fsp3) is 0.600. The molecule has 0 aromatic carbocycles. The van der Waals surface area contributed by atoms with Crippen molar-refractivity contribution >= 4 is 23.1 Å². The van der Waals surface area contributed by atoms with Crippen LogP contribution in [0.2, 0.25) is 0 Å². The molecule has 0 saturated carbocycles. The van der Waals surface area contributed by atoms with Crippen molar-refractivity contribution in [1.82, 2.24) is 5.32 Å². The van der Waals surface area contributed by atoms with Crippen LogP contribution in [-0.4, -0.2) is 18.1 Å². The number of nitrogens with one attached hydrogen (secondary N) is 1. The summed E-state index contributed by atoms with van der Waals surface area (Å²) in [5.74, 6) is 2.55. The van der Waals surface area contributed by atoms with Crippen molar-refractivity contribution < 1.29 is 0 Å². The minimum Gasteiger partial charge on any atom is -0.309 e. The number of hydrogen-bond donors (Lipinski definition) is 1. The van der Waals surface area contributed by atoms with Gasteiger partial charge < -0.3 is 5.32 Å². The maximum absolute atomic E-state index is 3.61. The van der Waals surface area contributed by atoms with Crippen LogP contribution in [-0.2, 0) is 0 Å². The lowest BCUT2D eigenvalue weighted by atomic mass is 10.2. The molecule has 1 saturated heterocycles. The van der Waals surface area contributed by atoms with Crippen molar-refractivity contribution in [3.8, 4) is 0 Å². The van der Waals surface area contributed by atoms with Crippen LogP contribution < -0.4 is 5.32 Å². The molecule has 1 aliphatic rings. The summed E-state index contributed by atoms with van der Waals surface area (Å²) < 4.78 is 0. The van der Waals surface area contributed by atoms with E-state index >= 15 is 0 Å². The molecule has 0 radical (unpaired) electrons. The van der Waals surface area contributed by atoms with Crippen molar-refractivity contribution in [3.63, 3.8) is 0 Å². The number of rotatable bonds is 1. The molecular formula is C10H15NS2. The highest BCUT2D eigenvalue weighted by Gasteiger charge is 2.16. The van der Waals surface area contributed by atoms with Crippen LogP contribution in [0.4, 0.5) is 0 Å². The Morgan fingerprint density at radius 2 is 2.46 bits per heavy atom. The van der Waals surface area contributed by atoms with E-state index in [0.717, 1.165) is 0 Å². The number of aryl methyl sites for hydroxylation is 1. The first-order valence-electron chi connectivity index (χ1n) is 4.73. The predicted octanol–water partition coefficient (Wildman–Crippen LogP) is 2.82. The van der Waals surface area contributed by atoms with Gasteiger partial charge in [-0.3, -0.25) is 0 Å². The van der Waals surface area contributed by atoms with Crippen LogP contribution in [0.15, 0.2) is 11.4 Å². The van der Waals surface area contributed by atoms with E-state index in [0.29, 0.717) is 6.04 Å². The minimum atomic E-state index is 0.604. The van der Waals surface area contributed by atoms with E-state index in [1.165, 1.54) is 34.9 Å². The molecule has 3 heteroatoms. The summed E-state index contributed by atoms with van der Waals surface area (Å²) in [6, 6.07) is 2.82. The van der Waals surface area contributed by atoms with Crippen molar-refractivity contribution in [2.24, 2.45) is 0 Å². The van der Waals surface area contributed by atoms with Crippen molar-refractivity contribution in [3.05, 3.63) is 21.9 Å². The maximum atomic E-state index is 3.61. The molecule has 1 atom stereocenters. The highest BCUT2D eigenvalue weighted by atomic mass is 32.2. The van der Waals surface area contributed by atoms with Crippen LogP contribution in [0.1, 0.15) is 22.9 Å². The number of hydrogen-bond acceptors (Lipinski definition) is 3. The fourth-order valence-corrected chi connectivity index (χ4v) is 3.76. The molecule has 1 aromatic rings. The Balaban J connectivity index is 2.10. The molecule has 0 bridgehead atoms. The Morgan fingerprint density at radius 1 is 1.54 bits per heavy atom. The fourth-order valence-electron chi connectivity index (χ4n) is 1.62. The smallest absolute Gasteiger partial charge is 0.0509 e. The SMILES string of the molecule is Cc1ccsc1C1CSCCCN1. The summed E-state index contributed by atoms with van der Waals surface area (Å²) in [6.45, 7) is 3.39. The Morgan fingerprint density at radius 3 is 3.23 bits per heavy atom. The molecule has 2 heterocycles. The lowest BCUT2D eigenvalue weighted by molar-refractivity contribution is 0.595. The molecule has 1 aromatic heterocycles. The van der Waals surface area contributed by atoms with Gasteiger partial charge in [-0.15, -0.1) is 11.3 Å². The largest absolute Gasteiger partial charge is 0.309 e. The summed E-state index contributed by atoms with van der Waals surface area (Å²) in [4.78, 5) is 1.54. The highest BCUT2D eigenvalue weighted by molar-refractivity contribution is 7.99. The van der Waals surface area contributed by atoms with Crippen LogP contribution >= 0.6 is 23.1 Å². The van der Waals surface area contributed by atoms with E-state index in [2.05, 4.69) is 35.4 Å². The van der Waals surface area contributed by atoms with E-state index < -0.39 is 0 Å². The third-order valence-electron chi connectivity index (χ3n) is 2.36. The first-order valence-corrected chi connectivity index (χ1v) is 6.76. The standard InChI is InChI=1S/C10H15NS2/c1-8-3-6-13-10(8)9-7-12-5-2-4-11-9/h3,6,9,11H,2,4-5,7H2,1H3. The topological polar surface area (TPSA) is 12.0 Å². The average molecular weight is 213 g/mol. The van der Waals surface area contributed by atoms with Crippen LogP contribution in [0, 0.1) is 6.92 Å². The highest BCUT2D eigenvalue weighted by Crippen LogP contribution is 2.28. The normalized spacial score (nSPS) is 24.2. The summed E-state index contributed by atoms with van der Waals surface area (Å²) in [5.41, 5.74) is 1.45. The van der Waals surface area contributed by atoms with Crippen LogP contribution in [0.3, 0.4) is 0 Å².